The van der Waals surface area contributed by atoms with E-state index in [1.807, 2.05) is 30.0 Å². The van der Waals surface area contributed by atoms with Gasteiger partial charge in [-0.15, -0.1) is 0 Å². The van der Waals surface area contributed by atoms with E-state index in [2.05, 4.69) is 40.7 Å². The lowest BCUT2D eigenvalue weighted by atomic mass is 10.0. The number of rotatable bonds is 4. The van der Waals surface area contributed by atoms with Gasteiger partial charge in [0.15, 0.2) is 18.0 Å². The topological polar surface area (TPSA) is 44.9 Å². The number of anilines is 1. The van der Waals surface area contributed by atoms with Crippen LogP contribution in [-0.4, -0.2) is 47.9 Å². The van der Waals surface area contributed by atoms with Gasteiger partial charge in [-0.25, -0.2) is 9.48 Å². The van der Waals surface area contributed by atoms with Crippen molar-refractivity contribution >= 4 is 22.6 Å². The molecule has 0 fully saturated rings. The Kier molecular flexibility index (Phi) is 4.78. The summed E-state index contributed by atoms with van der Waals surface area (Å²) < 4.78 is 13.0. The van der Waals surface area contributed by atoms with Gasteiger partial charge in [0, 0.05) is 11.3 Å². The highest BCUT2D eigenvalue weighted by Crippen LogP contribution is 2.40. The number of β-amino-alcohol motifs (C(OH)–C–C–N with tert-alkyl or cyclic N) is 1. The Morgan fingerprint density at radius 1 is 1.11 bits per heavy atom. The Labute approximate surface area is 164 Å². The van der Waals surface area contributed by atoms with Crippen LogP contribution in [-0.2, 0) is 5.72 Å². The molecular weight excluding hydrogens is 360 g/mol. The molecule has 2 aliphatic rings. The molecule has 142 valence electrons. The van der Waals surface area contributed by atoms with Gasteiger partial charge in [-0.3, -0.25) is 0 Å². The van der Waals surface area contributed by atoms with Crippen LogP contribution in [0.2, 0.25) is 0 Å². The molecule has 2 aromatic carbocycles. The monoisotopic (exact) mass is 385 g/mol. The molecule has 0 aliphatic carbocycles. The van der Waals surface area contributed by atoms with Crippen molar-refractivity contribution < 1.29 is 19.2 Å². The van der Waals surface area contributed by atoms with E-state index in [1.54, 1.807) is 14.2 Å². The molecule has 0 saturated carbocycles. The molecule has 0 radical (unpaired) electrons. The van der Waals surface area contributed by atoms with Crippen LogP contribution in [0.5, 0.6) is 11.5 Å². The maximum atomic E-state index is 11.8. The van der Waals surface area contributed by atoms with Crippen molar-refractivity contribution in [3.8, 4) is 11.5 Å². The number of ether oxygens (including phenoxy) is 2. The van der Waals surface area contributed by atoms with E-state index in [1.165, 1.54) is 5.56 Å². The first-order chi connectivity index (χ1) is 13.1. The molecule has 0 amide bonds. The number of thioether (sulfide) groups is 1. The van der Waals surface area contributed by atoms with Crippen LogP contribution in [0.3, 0.4) is 0 Å². The summed E-state index contributed by atoms with van der Waals surface area (Å²) >= 11 is 1.81. The first-order valence-electron chi connectivity index (χ1n) is 9.13. The van der Waals surface area contributed by atoms with E-state index in [-0.39, 0.29) is 0 Å². The molecule has 6 heteroatoms. The second-order valence-corrected chi connectivity index (χ2v) is 8.01. The van der Waals surface area contributed by atoms with Crippen molar-refractivity contribution in [1.29, 1.82) is 0 Å². The number of aryl methyl sites for hydroxylation is 1. The molecule has 2 aliphatic heterocycles. The fourth-order valence-electron chi connectivity index (χ4n) is 3.83. The Balaban J connectivity index is 1.80. The number of methoxy groups -OCH3 is 2. The zero-order valence-corrected chi connectivity index (χ0v) is 16.8. The maximum Gasteiger partial charge on any atom is 0.316 e. The molecule has 4 rings (SSSR count). The van der Waals surface area contributed by atoms with Crippen LogP contribution in [0, 0.1) is 6.92 Å². The Morgan fingerprint density at radius 2 is 1.93 bits per heavy atom. The van der Waals surface area contributed by atoms with Crippen LogP contribution in [0.1, 0.15) is 17.5 Å². The lowest BCUT2D eigenvalue weighted by molar-refractivity contribution is -0.656. The van der Waals surface area contributed by atoms with Gasteiger partial charge in [-0.05, 0) is 61.0 Å². The summed E-state index contributed by atoms with van der Waals surface area (Å²) in [5.41, 5.74) is 2.03. The molecule has 0 saturated heterocycles. The summed E-state index contributed by atoms with van der Waals surface area (Å²) in [5.74, 6) is 2.36. The third-order valence-corrected chi connectivity index (χ3v) is 6.40. The number of hydrogen-bond donors (Lipinski definition) is 1. The fourth-order valence-corrected chi connectivity index (χ4v) is 5.01. The second-order valence-electron chi connectivity index (χ2n) is 6.95. The van der Waals surface area contributed by atoms with Crippen LogP contribution < -0.4 is 14.4 Å². The molecule has 5 nitrogen and oxygen atoms in total. The van der Waals surface area contributed by atoms with Crippen molar-refractivity contribution in [2.45, 2.75) is 19.1 Å². The minimum atomic E-state index is -1.11. The zero-order valence-electron chi connectivity index (χ0n) is 15.9. The molecule has 1 N–H and O–H groups in total. The largest absolute Gasteiger partial charge is 0.493 e. The molecule has 2 aromatic rings. The van der Waals surface area contributed by atoms with Crippen molar-refractivity contribution in [3.63, 3.8) is 0 Å². The summed E-state index contributed by atoms with van der Waals surface area (Å²) in [4.78, 5) is 2.23. The lowest BCUT2D eigenvalue weighted by Gasteiger charge is -2.25. The van der Waals surface area contributed by atoms with Crippen LogP contribution in [0.15, 0.2) is 42.5 Å². The maximum absolute atomic E-state index is 11.8. The Bertz CT molecular complexity index is 899. The van der Waals surface area contributed by atoms with Crippen LogP contribution >= 0.6 is 11.8 Å². The standard InChI is InChI=1S/C21H25N2O3S/c1-15-6-4-7-17(12-15)22-14-21(24,23-10-5-11-27-20(22)23)16-8-9-18(25-2)19(13-16)26-3/h4,6-9,12-13,24H,5,10-11,14H2,1-3H3/q+1. The van der Waals surface area contributed by atoms with Gasteiger partial charge in [-0.1, -0.05) is 12.1 Å². The molecule has 0 aromatic heterocycles. The normalized spacial score (nSPS) is 22.0. The van der Waals surface area contributed by atoms with Gasteiger partial charge in [0.05, 0.1) is 20.8 Å². The molecule has 1 atom stereocenters. The molecular formula is C21H25N2O3S+. The van der Waals surface area contributed by atoms with E-state index in [0.717, 1.165) is 35.1 Å². The number of nitrogens with zero attached hydrogens (tertiary/aromatic N) is 2. The van der Waals surface area contributed by atoms with Gasteiger partial charge in [0.2, 0.25) is 0 Å². The number of aliphatic hydroxyl groups is 1. The Morgan fingerprint density at radius 3 is 2.67 bits per heavy atom. The van der Waals surface area contributed by atoms with E-state index in [9.17, 15) is 5.11 Å². The van der Waals surface area contributed by atoms with Crippen molar-refractivity contribution in [2.24, 2.45) is 0 Å². The van der Waals surface area contributed by atoms with Crippen molar-refractivity contribution in [2.75, 3.05) is 38.0 Å². The SMILES string of the molecule is COc1ccc(C2(O)CN(c3cccc(C)c3)C3=[N+]2CCCS3)cc1OC. The fraction of sp³-hybridized carbons (Fsp3) is 0.381. The summed E-state index contributed by atoms with van der Waals surface area (Å²) in [6, 6.07) is 14.1. The van der Waals surface area contributed by atoms with Crippen molar-refractivity contribution in [1.82, 2.24) is 0 Å². The van der Waals surface area contributed by atoms with E-state index < -0.39 is 5.72 Å². The number of benzene rings is 2. The number of hydrogen-bond acceptors (Lipinski definition) is 5. The van der Waals surface area contributed by atoms with Gasteiger partial charge < -0.3 is 14.6 Å². The average Bonchev–Trinajstić information content (AvgIpc) is 3.02. The third-order valence-electron chi connectivity index (χ3n) is 5.20. The average molecular weight is 386 g/mol. The Hall–Kier alpha value is -2.18. The van der Waals surface area contributed by atoms with E-state index in [4.69, 9.17) is 9.47 Å². The molecule has 0 spiro atoms. The first kappa shape index (κ1) is 18.2. The number of amidine groups is 1. The summed E-state index contributed by atoms with van der Waals surface area (Å²) in [6.45, 7) is 3.40. The van der Waals surface area contributed by atoms with Gasteiger partial charge in [0.25, 0.3) is 5.72 Å². The molecule has 2 heterocycles. The predicted molar refractivity (Wildman–Crippen MR) is 109 cm³/mol. The minimum absolute atomic E-state index is 0.480. The van der Waals surface area contributed by atoms with Gasteiger partial charge >= 0.3 is 5.17 Å². The van der Waals surface area contributed by atoms with Crippen molar-refractivity contribution in [3.05, 3.63) is 53.6 Å². The quantitative estimate of drug-likeness (QED) is 0.819. The summed E-state index contributed by atoms with van der Waals surface area (Å²) in [7, 11) is 3.24. The minimum Gasteiger partial charge on any atom is -0.493 e. The highest BCUT2D eigenvalue weighted by Gasteiger charge is 2.53. The lowest BCUT2D eigenvalue weighted by Crippen LogP contribution is -2.41. The first-order valence-corrected chi connectivity index (χ1v) is 10.1. The molecule has 0 bridgehead atoms. The highest BCUT2D eigenvalue weighted by molar-refractivity contribution is 8.13. The van der Waals surface area contributed by atoms with E-state index in [0.29, 0.717) is 18.0 Å². The third kappa shape index (κ3) is 3.07. The smallest absolute Gasteiger partial charge is 0.316 e. The summed E-state index contributed by atoms with van der Waals surface area (Å²) in [6.07, 6.45) is 1.05. The highest BCUT2D eigenvalue weighted by atomic mass is 32.2. The second kappa shape index (κ2) is 7.09. The van der Waals surface area contributed by atoms with Crippen LogP contribution in [0.4, 0.5) is 5.69 Å². The molecule has 1 unspecified atom stereocenters. The van der Waals surface area contributed by atoms with Crippen LogP contribution in [0.25, 0.3) is 0 Å². The zero-order chi connectivity index (χ0) is 19.0. The van der Waals surface area contributed by atoms with Gasteiger partial charge in [0.1, 0.15) is 5.69 Å². The van der Waals surface area contributed by atoms with E-state index >= 15 is 0 Å². The predicted octanol–water partition coefficient (Wildman–Crippen LogP) is 3.18. The summed E-state index contributed by atoms with van der Waals surface area (Å²) in [5, 5.41) is 12.9. The molecule has 27 heavy (non-hydrogen) atoms. The van der Waals surface area contributed by atoms with Gasteiger partial charge in [-0.2, -0.15) is 0 Å².